The van der Waals surface area contributed by atoms with E-state index in [9.17, 15) is 4.79 Å². The molecule has 0 bridgehead atoms. The summed E-state index contributed by atoms with van der Waals surface area (Å²) in [6.07, 6.45) is 5.25. The molecule has 15 heavy (non-hydrogen) atoms. The lowest BCUT2D eigenvalue weighted by Crippen LogP contribution is -2.40. The van der Waals surface area contributed by atoms with Crippen LogP contribution in [0.4, 0.5) is 0 Å². The van der Waals surface area contributed by atoms with Crippen molar-refractivity contribution in [2.24, 2.45) is 11.1 Å². The van der Waals surface area contributed by atoms with E-state index in [1.807, 2.05) is 20.8 Å². The van der Waals surface area contributed by atoms with Crippen LogP contribution in [0.2, 0.25) is 0 Å². The van der Waals surface area contributed by atoms with Gasteiger partial charge in [0, 0.05) is 6.54 Å². The van der Waals surface area contributed by atoms with Gasteiger partial charge in [-0.2, -0.15) is 0 Å². The molecule has 0 aliphatic heterocycles. The van der Waals surface area contributed by atoms with Crippen LogP contribution in [-0.2, 0) is 4.79 Å². The van der Waals surface area contributed by atoms with Gasteiger partial charge in [0.15, 0.2) is 0 Å². The molecule has 0 unspecified atom stereocenters. The number of hydrogen-bond donors (Lipinski definition) is 2. The molecule has 90 valence electrons. The predicted octanol–water partition coefficient (Wildman–Crippen LogP) is 2.06. The molecule has 0 spiro atoms. The Morgan fingerprint density at radius 3 is 2.27 bits per heavy atom. The molecule has 1 amide bonds. The fourth-order valence-electron chi connectivity index (χ4n) is 2.27. The Labute approximate surface area is 93.8 Å². The largest absolute Gasteiger partial charge is 0.356 e. The van der Waals surface area contributed by atoms with Crippen molar-refractivity contribution in [3.05, 3.63) is 0 Å². The molecule has 0 saturated heterocycles. The Hall–Kier alpha value is -0.570. The van der Waals surface area contributed by atoms with E-state index in [2.05, 4.69) is 5.32 Å². The smallest absolute Gasteiger partial charge is 0.226 e. The van der Waals surface area contributed by atoms with Gasteiger partial charge in [-0.25, -0.2) is 0 Å². The van der Waals surface area contributed by atoms with Crippen LogP contribution >= 0.6 is 0 Å². The number of nitrogens with two attached hydrogens (primary N) is 1. The van der Waals surface area contributed by atoms with E-state index in [-0.39, 0.29) is 11.3 Å². The molecule has 0 heterocycles. The van der Waals surface area contributed by atoms with Gasteiger partial charge in [0.25, 0.3) is 0 Å². The summed E-state index contributed by atoms with van der Waals surface area (Å²) in [5.74, 6) is 0.220. The molecule has 1 aliphatic rings. The molecule has 1 rings (SSSR count). The van der Waals surface area contributed by atoms with Crippen molar-refractivity contribution in [2.75, 3.05) is 13.1 Å². The summed E-state index contributed by atoms with van der Waals surface area (Å²) in [6.45, 7) is 7.31. The molecular formula is C12H26N2O. The van der Waals surface area contributed by atoms with Crippen molar-refractivity contribution in [1.82, 2.24) is 5.32 Å². The maximum Gasteiger partial charge on any atom is 0.226 e. The number of carbonyl (C=O) groups excluding carboxylic acids is 1. The minimum atomic E-state index is -0.120. The standard InChI is InChI=1S/C10H20N2O.C2H6/c1-2-12-9(13)10(7-8-11)5-3-4-6-10;1-2/h2-8,11H2,1H3,(H,12,13);1-2H3. The molecule has 1 saturated carbocycles. The van der Waals surface area contributed by atoms with Gasteiger partial charge in [-0.05, 0) is 32.7 Å². The molecule has 0 aromatic carbocycles. The van der Waals surface area contributed by atoms with Crippen LogP contribution < -0.4 is 11.1 Å². The summed E-state index contributed by atoms with van der Waals surface area (Å²) in [5.41, 5.74) is 5.43. The van der Waals surface area contributed by atoms with Crippen molar-refractivity contribution in [3.63, 3.8) is 0 Å². The van der Waals surface area contributed by atoms with Crippen molar-refractivity contribution >= 4 is 5.91 Å². The third kappa shape index (κ3) is 3.82. The van der Waals surface area contributed by atoms with Gasteiger partial charge >= 0.3 is 0 Å². The summed E-state index contributed by atoms with van der Waals surface area (Å²) < 4.78 is 0. The van der Waals surface area contributed by atoms with E-state index >= 15 is 0 Å². The minimum absolute atomic E-state index is 0.120. The zero-order valence-corrected chi connectivity index (χ0v) is 10.4. The Balaban J connectivity index is 0.000000921. The maximum atomic E-state index is 11.8. The second-order valence-electron chi connectivity index (χ2n) is 3.89. The molecule has 1 fully saturated rings. The Morgan fingerprint density at radius 1 is 1.33 bits per heavy atom. The first kappa shape index (κ1) is 14.4. The van der Waals surface area contributed by atoms with Crippen LogP contribution in [0.1, 0.15) is 52.9 Å². The summed E-state index contributed by atoms with van der Waals surface area (Å²) in [5, 5.41) is 2.92. The predicted molar refractivity (Wildman–Crippen MR) is 64.6 cm³/mol. The highest BCUT2D eigenvalue weighted by Gasteiger charge is 2.39. The van der Waals surface area contributed by atoms with Crippen LogP contribution in [0.5, 0.6) is 0 Å². The molecule has 0 radical (unpaired) electrons. The zero-order valence-electron chi connectivity index (χ0n) is 10.4. The first-order chi connectivity index (χ1) is 7.25. The normalized spacial score (nSPS) is 17.9. The van der Waals surface area contributed by atoms with Gasteiger partial charge in [0.05, 0.1) is 5.41 Å². The second-order valence-corrected chi connectivity index (χ2v) is 3.89. The third-order valence-corrected chi connectivity index (χ3v) is 3.00. The van der Waals surface area contributed by atoms with Gasteiger partial charge in [0.1, 0.15) is 0 Å². The Morgan fingerprint density at radius 2 is 1.87 bits per heavy atom. The van der Waals surface area contributed by atoms with Crippen molar-refractivity contribution in [3.8, 4) is 0 Å². The molecule has 3 heteroatoms. The van der Waals surface area contributed by atoms with Crippen LogP contribution in [0.3, 0.4) is 0 Å². The number of amides is 1. The van der Waals surface area contributed by atoms with Gasteiger partial charge in [0.2, 0.25) is 5.91 Å². The van der Waals surface area contributed by atoms with Crippen LogP contribution in [0.15, 0.2) is 0 Å². The van der Waals surface area contributed by atoms with E-state index < -0.39 is 0 Å². The highest BCUT2D eigenvalue weighted by atomic mass is 16.2. The van der Waals surface area contributed by atoms with Gasteiger partial charge in [-0.1, -0.05) is 26.7 Å². The van der Waals surface area contributed by atoms with E-state index in [4.69, 9.17) is 5.73 Å². The lowest BCUT2D eigenvalue weighted by molar-refractivity contribution is -0.131. The van der Waals surface area contributed by atoms with E-state index in [1.165, 1.54) is 12.8 Å². The molecular weight excluding hydrogens is 188 g/mol. The van der Waals surface area contributed by atoms with Gasteiger partial charge in [-0.15, -0.1) is 0 Å². The van der Waals surface area contributed by atoms with Crippen molar-refractivity contribution in [1.29, 1.82) is 0 Å². The average molecular weight is 214 g/mol. The Kier molecular flexibility index (Phi) is 7.39. The fourth-order valence-corrected chi connectivity index (χ4v) is 2.27. The lowest BCUT2D eigenvalue weighted by atomic mass is 9.81. The average Bonchev–Trinajstić information content (AvgIpc) is 2.72. The third-order valence-electron chi connectivity index (χ3n) is 3.00. The summed E-state index contributed by atoms with van der Waals surface area (Å²) in [7, 11) is 0. The highest BCUT2D eigenvalue weighted by Crippen LogP contribution is 2.40. The molecule has 0 aromatic rings. The first-order valence-electron chi connectivity index (χ1n) is 6.23. The topological polar surface area (TPSA) is 55.1 Å². The molecule has 0 aromatic heterocycles. The lowest BCUT2D eigenvalue weighted by Gasteiger charge is -2.26. The molecule has 3 N–H and O–H groups in total. The van der Waals surface area contributed by atoms with E-state index in [0.717, 1.165) is 25.8 Å². The molecule has 0 atom stereocenters. The summed E-state index contributed by atoms with van der Waals surface area (Å²) in [6, 6.07) is 0. The second kappa shape index (κ2) is 7.69. The van der Waals surface area contributed by atoms with Crippen LogP contribution in [-0.4, -0.2) is 19.0 Å². The number of carbonyl (C=O) groups is 1. The maximum absolute atomic E-state index is 11.8. The number of rotatable bonds is 4. The van der Waals surface area contributed by atoms with Crippen LogP contribution in [0.25, 0.3) is 0 Å². The number of nitrogens with one attached hydrogen (secondary N) is 1. The van der Waals surface area contributed by atoms with Gasteiger partial charge in [-0.3, -0.25) is 4.79 Å². The van der Waals surface area contributed by atoms with E-state index in [0.29, 0.717) is 6.54 Å². The van der Waals surface area contributed by atoms with Crippen molar-refractivity contribution in [2.45, 2.75) is 52.9 Å². The first-order valence-corrected chi connectivity index (χ1v) is 6.23. The van der Waals surface area contributed by atoms with Crippen LogP contribution in [0, 0.1) is 5.41 Å². The Bertz CT molecular complexity index is 174. The van der Waals surface area contributed by atoms with Crippen molar-refractivity contribution < 1.29 is 4.79 Å². The fraction of sp³-hybridized carbons (Fsp3) is 0.917. The SMILES string of the molecule is CC.CCNC(=O)C1(CCN)CCCC1. The molecule has 1 aliphatic carbocycles. The number of hydrogen-bond acceptors (Lipinski definition) is 2. The highest BCUT2D eigenvalue weighted by molar-refractivity contribution is 5.82. The van der Waals surface area contributed by atoms with Gasteiger partial charge < -0.3 is 11.1 Å². The molecule has 3 nitrogen and oxygen atoms in total. The minimum Gasteiger partial charge on any atom is -0.356 e. The summed E-state index contributed by atoms with van der Waals surface area (Å²) >= 11 is 0. The quantitative estimate of drug-likeness (QED) is 0.752. The summed E-state index contributed by atoms with van der Waals surface area (Å²) in [4.78, 5) is 11.8. The zero-order chi connectivity index (χ0) is 11.7. The van der Waals surface area contributed by atoms with E-state index in [1.54, 1.807) is 0 Å². The monoisotopic (exact) mass is 214 g/mol.